The summed E-state index contributed by atoms with van der Waals surface area (Å²) < 4.78 is 5.06. The molecule has 0 atom stereocenters. The number of carbonyl (C=O) groups excluding carboxylic acids is 2. The Balaban J connectivity index is 1.70. The molecule has 0 bridgehead atoms. The minimum absolute atomic E-state index is 0.139. The Labute approximate surface area is 124 Å². The molecule has 2 aromatic heterocycles. The van der Waals surface area contributed by atoms with Gasteiger partial charge in [0.2, 0.25) is 11.9 Å². The normalized spacial score (nSPS) is 10.1. The van der Waals surface area contributed by atoms with Gasteiger partial charge in [0.1, 0.15) is 0 Å². The Morgan fingerprint density at radius 1 is 1.48 bits per heavy atom. The maximum absolute atomic E-state index is 11.7. The number of H-pyrrole nitrogens is 1. The Morgan fingerprint density at radius 3 is 3.05 bits per heavy atom. The minimum Gasteiger partial charge on any atom is -0.463 e. The van der Waals surface area contributed by atoms with Crippen LogP contribution in [0.2, 0.25) is 0 Å². The topological polar surface area (TPSA) is 109 Å². The standard InChI is InChI=1S/C12H15N5O3S/c1-2-20-12-15-11(16-17-12)14-9(18)3-5-13-10(19)8-4-6-21-7-8/h4,6-7H,2-3,5H2,1H3,(H,13,19)(H2,14,15,16,17,18). The fraction of sp³-hybridized carbons (Fsp3) is 0.333. The fourth-order valence-corrected chi connectivity index (χ4v) is 2.11. The first-order chi connectivity index (χ1) is 10.2. The number of nitrogens with zero attached hydrogens (tertiary/aromatic N) is 2. The molecular formula is C12H15N5O3S. The highest BCUT2D eigenvalue weighted by molar-refractivity contribution is 7.08. The molecule has 0 radical (unpaired) electrons. The molecule has 2 rings (SSSR count). The summed E-state index contributed by atoms with van der Waals surface area (Å²) in [4.78, 5) is 27.2. The van der Waals surface area contributed by atoms with Crippen LogP contribution in [0.3, 0.4) is 0 Å². The quantitative estimate of drug-likeness (QED) is 0.707. The third kappa shape index (κ3) is 4.56. The molecule has 0 aromatic carbocycles. The van der Waals surface area contributed by atoms with Crippen LogP contribution in [0.25, 0.3) is 0 Å². The average Bonchev–Trinajstić information content (AvgIpc) is 3.10. The molecule has 2 aromatic rings. The van der Waals surface area contributed by atoms with Gasteiger partial charge in [-0.3, -0.25) is 14.9 Å². The number of hydrogen-bond donors (Lipinski definition) is 3. The summed E-state index contributed by atoms with van der Waals surface area (Å²) in [5.41, 5.74) is 0.594. The smallest absolute Gasteiger partial charge is 0.337 e. The molecule has 9 heteroatoms. The molecule has 0 spiro atoms. The zero-order valence-electron chi connectivity index (χ0n) is 11.4. The van der Waals surface area contributed by atoms with Crippen molar-refractivity contribution in [2.24, 2.45) is 0 Å². The van der Waals surface area contributed by atoms with E-state index in [1.807, 2.05) is 12.3 Å². The number of nitrogens with one attached hydrogen (secondary N) is 3. The first-order valence-corrected chi connectivity index (χ1v) is 7.28. The third-order valence-corrected chi connectivity index (χ3v) is 3.10. The number of anilines is 1. The van der Waals surface area contributed by atoms with Crippen LogP contribution < -0.4 is 15.4 Å². The van der Waals surface area contributed by atoms with Gasteiger partial charge in [-0.2, -0.15) is 16.3 Å². The van der Waals surface area contributed by atoms with Gasteiger partial charge < -0.3 is 10.1 Å². The van der Waals surface area contributed by atoms with E-state index in [1.54, 1.807) is 11.4 Å². The van der Waals surface area contributed by atoms with Gasteiger partial charge in [0, 0.05) is 23.9 Å². The average molecular weight is 309 g/mol. The number of hydrogen-bond acceptors (Lipinski definition) is 6. The summed E-state index contributed by atoms with van der Waals surface area (Å²) in [6.45, 7) is 2.50. The van der Waals surface area contributed by atoms with E-state index in [2.05, 4.69) is 25.8 Å². The summed E-state index contributed by atoms with van der Waals surface area (Å²) in [5.74, 6) is -0.255. The van der Waals surface area contributed by atoms with Gasteiger partial charge in [-0.05, 0) is 18.4 Å². The van der Waals surface area contributed by atoms with Crippen molar-refractivity contribution >= 4 is 29.1 Å². The molecule has 2 heterocycles. The molecule has 0 saturated carbocycles. The monoisotopic (exact) mass is 309 g/mol. The van der Waals surface area contributed by atoms with E-state index >= 15 is 0 Å². The van der Waals surface area contributed by atoms with E-state index in [-0.39, 0.29) is 36.7 Å². The highest BCUT2D eigenvalue weighted by atomic mass is 32.1. The van der Waals surface area contributed by atoms with Crippen LogP contribution in [-0.2, 0) is 4.79 Å². The maximum Gasteiger partial charge on any atom is 0.337 e. The van der Waals surface area contributed by atoms with Gasteiger partial charge in [-0.1, -0.05) is 0 Å². The van der Waals surface area contributed by atoms with Gasteiger partial charge in [0.05, 0.1) is 6.61 Å². The van der Waals surface area contributed by atoms with E-state index in [4.69, 9.17) is 4.74 Å². The molecule has 0 aliphatic carbocycles. The number of ether oxygens (including phenoxy) is 1. The molecule has 3 N–H and O–H groups in total. The summed E-state index contributed by atoms with van der Waals surface area (Å²) in [5, 5.41) is 15.1. The third-order valence-electron chi connectivity index (χ3n) is 2.42. The fourth-order valence-electron chi connectivity index (χ4n) is 1.48. The highest BCUT2D eigenvalue weighted by Gasteiger charge is 2.09. The number of amides is 2. The molecule has 0 unspecified atom stereocenters. The van der Waals surface area contributed by atoms with Gasteiger partial charge >= 0.3 is 6.01 Å². The maximum atomic E-state index is 11.7. The molecule has 0 fully saturated rings. The summed E-state index contributed by atoms with van der Waals surface area (Å²) in [7, 11) is 0. The molecule has 8 nitrogen and oxygen atoms in total. The van der Waals surface area contributed by atoms with Gasteiger partial charge in [-0.25, -0.2) is 5.10 Å². The number of carbonyl (C=O) groups is 2. The van der Waals surface area contributed by atoms with E-state index in [0.29, 0.717) is 12.2 Å². The van der Waals surface area contributed by atoms with Crippen molar-refractivity contribution in [2.45, 2.75) is 13.3 Å². The van der Waals surface area contributed by atoms with Crippen LogP contribution in [0.1, 0.15) is 23.7 Å². The Morgan fingerprint density at radius 2 is 2.33 bits per heavy atom. The van der Waals surface area contributed by atoms with Crippen molar-refractivity contribution < 1.29 is 14.3 Å². The van der Waals surface area contributed by atoms with Gasteiger partial charge in [0.25, 0.3) is 5.91 Å². The SMILES string of the molecule is CCOc1n[nH]c(NC(=O)CCNC(=O)c2ccsc2)n1. The Kier molecular flexibility index (Phi) is 5.27. The number of aromatic amines is 1. The molecule has 0 aliphatic rings. The molecule has 2 amide bonds. The van der Waals surface area contributed by atoms with Crippen molar-refractivity contribution in [3.8, 4) is 6.01 Å². The molecule has 0 saturated heterocycles. The van der Waals surface area contributed by atoms with E-state index in [9.17, 15) is 9.59 Å². The minimum atomic E-state index is -0.278. The van der Waals surface area contributed by atoms with Crippen LogP contribution in [0.5, 0.6) is 6.01 Å². The van der Waals surface area contributed by atoms with Crippen LogP contribution in [0.4, 0.5) is 5.95 Å². The number of aromatic nitrogens is 3. The van der Waals surface area contributed by atoms with E-state index in [0.717, 1.165) is 0 Å². The first kappa shape index (κ1) is 15.0. The predicted octanol–water partition coefficient (Wildman–Crippen LogP) is 1.02. The lowest BCUT2D eigenvalue weighted by atomic mass is 10.3. The van der Waals surface area contributed by atoms with Crippen molar-refractivity contribution in [1.29, 1.82) is 0 Å². The van der Waals surface area contributed by atoms with Gasteiger partial charge in [0.15, 0.2) is 0 Å². The summed E-state index contributed by atoms with van der Waals surface area (Å²) in [6.07, 6.45) is 0.139. The van der Waals surface area contributed by atoms with E-state index in [1.165, 1.54) is 11.3 Å². The van der Waals surface area contributed by atoms with Crippen LogP contribution in [-0.4, -0.2) is 40.1 Å². The lowest BCUT2D eigenvalue weighted by molar-refractivity contribution is -0.116. The van der Waals surface area contributed by atoms with Gasteiger partial charge in [-0.15, -0.1) is 5.10 Å². The lowest BCUT2D eigenvalue weighted by Gasteiger charge is -2.03. The van der Waals surface area contributed by atoms with Crippen molar-refractivity contribution in [3.63, 3.8) is 0 Å². The van der Waals surface area contributed by atoms with Crippen LogP contribution >= 0.6 is 11.3 Å². The Hall–Kier alpha value is -2.42. The van der Waals surface area contributed by atoms with Crippen molar-refractivity contribution in [2.75, 3.05) is 18.5 Å². The summed E-state index contributed by atoms with van der Waals surface area (Å²) in [6, 6.07) is 1.91. The zero-order chi connectivity index (χ0) is 15.1. The molecule has 112 valence electrons. The second-order valence-electron chi connectivity index (χ2n) is 3.97. The largest absolute Gasteiger partial charge is 0.463 e. The lowest BCUT2D eigenvalue weighted by Crippen LogP contribution is -2.27. The van der Waals surface area contributed by atoms with Crippen molar-refractivity contribution in [1.82, 2.24) is 20.5 Å². The Bertz CT molecular complexity index is 596. The molecule has 21 heavy (non-hydrogen) atoms. The van der Waals surface area contributed by atoms with Crippen LogP contribution in [0, 0.1) is 0 Å². The van der Waals surface area contributed by atoms with Crippen LogP contribution in [0.15, 0.2) is 16.8 Å². The van der Waals surface area contributed by atoms with Crippen molar-refractivity contribution in [3.05, 3.63) is 22.4 Å². The number of rotatable bonds is 7. The zero-order valence-corrected chi connectivity index (χ0v) is 12.2. The number of thiophene rings is 1. The second-order valence-corrected chi connectivity index (χ2v) is 4.75. The molecular weight excluding hydrogens is 294 g/mol. The molecule has 0 aliphatic heterocycles. The van der Waals surface area contributed by atoms with E-state index < -0.39 is 0 Å². The highest BCUT2D eigenvalue weighted by Crippen LogP contribution is 2.06. The second kappa shape index (κ2) is 7.39. The predicted molar refractivity (Wildman–Crippen MR) is 77.5 cm³/mol. The summed E-state index contributed by atoms with van der Waals surface area (Å²) >= 11 is 1.44. The first-order valence-electron chi connectivity index (χ1n) is 6.34.